The maximum Gasteiger partial charge on any atom is 0.269 e. The molecule has 0 saturated carbocycles. The smallest absolute Gasteiger partial charge is 0.269 e. The predicted octanol–water partition coefficient (Wildman–Crippen LogP) is 3.45. The third-order valence-corrected chi connectivity index (χ3v) is 5.74. The molecule has 0 aromatic heterocycles. The van der Waals surface area contributed by atoms with Crippen LogP contribution in [-0.4, -0.2) is 77.9 Å². The Morgan fingerprint density at radius 1 is 1.11 bits per heavy atom. The number of piperazine rings is 1. The summed E-state index contributed by atoms with van der Waals surface area (Å²) in [6, 6.07) is 0. The SMILES string of the molecule is CC.CC.CC(C)(O)CCO.COP(C)(=O)N1CCN(C(=O)C(C)C)CC1. The fraction of sp³-hybridized carbons (Fsp3) is 0.947. The molecular formula is C19H45N2O5P. The van der Waals surface area contributed by atoms with Crippen LogP contribution >= 0.6 is 7.52 Å². The Morgan fingerprint density at radius 2 is 1.52 bits per heavy atom. The zero-order valence-corrected chi connectivity index (χ0v) is 20.2. The summed E-state index contributed by atoms with van der Waals surface area (Å²) < 4.78 is 18.8. The third-order valence-electron chi connectivity index (χ3n) is 3.64. The number of hydrogen-bond acceptors (Lipinski definition) is 5. The van der Waals surface area contributed by atoms with Crippen LogP contribution in [0.3, 0.4) is 0 Å². The Balaban J connectivity index is -0.000000440. The Hall–Kier alpha value is -0.460. The second kappa shape index (κ2) is 16.5. The molecule has 0 aromatic carbocycles. The van der Waals surface area contributed by atoms with Crippen LogP contribution in [0.25, 0.3) is 0 Å². The van der Waals surface area contributed by atoms with Crippen LogP contribution < -0.4 is 0 Å². The molecule has 8 heteroatoms. The van der Waals surface area contributed by atoms with Crippen LogP contribution in [0.4, 0.5) is 0 Å². The Bertz CT molecular complexity index is 403. The molecule has 1 atom stereocenters. The van der Waals surface area contributed by atoms with Crippen molar-refractivity contribution in [1.29, 1.82) is 0 Å². The van der Waals surface area contributed by atoms with Gasteiger partial charge in [-0.1, -0.05) is 41.5 Å². The van der Waals surface area contributed by atoms with Crippen molar-refractivity contribution in [2.75, 3.05) is 46.6 Å². The van der Waals surface area contributed by atoms with Gasteiger partial charge in [0.2, 0.25) is 5.91 Å². The Labute approximate surface area is 167 Å². The minimum Gasteiger partial charge on any atom is -0.396 e. The van der Waals surface area contributed by atoms with Gasteiger partial charge in [-0.3, -0.25) is 9.36 Å². The molecule has 1 aliphatic heterocycles. The van der Waals surface area contributed by atoms with Crippen LogP contribution in [0.2, 0.25) is 0 Å². The highest BCUT2D eigenvalue weighted by Crippen LogP contribution is 2.46. The second-order valence-corrected chi connectivity index (χ2v) is 9.24. The van der Waals surface area contributed by atoms with Gasteiger partial charge >= 0.3 is 0 Å². The van der Waals surface area contributed by atoms with Gasteiger partial charge < -0.3 is 19.6 Å². The molecular weight excluding hydrogens is 367 g/mol. The molecule has 1 saturated heterocycles. The van der Waals surface area contributed by atoms with E-state index in [2.05, 4.69) is 0 Å². The van der Waals surface area contributed by atoms with E-state index >= 15 is 0 Å². The molecule has 1 heterocycles. The molecule has 0 bridgehead atoms. The number of amides is 1. The van der Waals surface area contributed by atoms with E-state index in [0.717, 1.165) is 0 Å². The topological polar surface area (TPSA) is 90.3 Å². The lowest BCUT2D eigenvalue weighted by Gasteiger charge is -2.37. The van der Waals surface area contributed by atoms with Gasteiger partial charge in [-0.15, -0.1) is 0 Å². The first kappa shape index (κ1) is 31.2. The van der Waals surface area contributed by atoms with Crippen molar-refractivity contribution in [3.8, 4) is 0 Å². The van der Waals surface area contributed by atoms with E-state index in [1.165, 1.54) is 7.11 Å². The van der Waals surface area contributed by atoms with E-state index in [0.29, 0.717) is 32.6 Å². The van der Waals surface area contributed by atoms with Crippen molar-refractivity contribution >= 4 is 13.4 Å². The van der Waals surface area contributed by atoms with Crippen molar-refractivity contribution in [2.45, 2.75) is 67.4 Å². The van der Waals surface area contributed by atoms with E-state index in [9.17, 15) is 9.36 Å². The van der Waals surface area contributed by atoms with Gasteiger partial charge in [-0.25, -0.2) is 4.67 Å². The average molecular weight is 413 g/mol. The molecule has 1 fully saturated rings. The average Bonchev–Trinajstić information content (AvgIpc) is 2.64. The predicted molar refractivity (Wildman–Crippen MR) is 114 cm³/mol. The number of carbonyl (C=O) groups is 1. The molecule has 166 valence electrons. The fourth-order valence-corrected chi connectivity index (χ4v) is 3.17. The normalized spacial score (nSPS) is 16.7. The minimum absolute atomic E-state index is 0.0300. The van der Waals surface area contributed by atoms with Crippen molar-refractivity contribution in [3.05, 3.63) is 0 Å². The number of aliphatic hydroxyl groups excluding tert-OH is 1. The maximum absolute atomic E-state index is 11.9. The minimum atomic E-state index is -2.63. The molecule has 27 heavy (non-hydrogen) atoms. The van der Waals surface area contributed by atoms with E-state index in [-0.39, 0.29) is 18.4 Å². The highest BCUT2D eigenvalue weighted by Gasteiger charge is 2.30. The highest BCUT2D eigenvalue weighted by molar-refractivity contribution is 7.55. The third kappa shape index (κ3) is 15.2. The van der Waals surface area contributed by atoms with E-state index in [1.807, 2.05) is 51.1 Å². The molecule has 7 nitrogen and oxygen atoms in total. The molecule has 1 unspecified atom stereocenters. The number of rotatable bonds is 5. The van der Waals surface area contributed by atoms with Gasteiger partial charge in [-0.2, -0.15) is 0 Å². The van der Waals surface area contributed by atoms with E-state index in [4.69, 9.17) is 14.7 Å². The van der Waals surface area contributed by atoms with Crippen molar-refractivity contribution in [3.63, 3.8) is 0 Å². The van der Waals surface area contributed by atoms with Gasteiger partial charge in [0.1, 0.15) is 0 Å². The molecule has 1 aliphatic rings. The van der Waals surface area contributed by atoms with Crippen LogP contribution in [0.15, 0.2) is 0 Å². The summed E-state index contributed by atoms with van der Waals surface area (Å²) in [6.07, 6.45) is 0.451. The molecule has 2 N–H and O–H groups in total. The lowest BCUT2D eigenvalue weighted by Crippen LogP contribution is -2.48. The summed E-state index contributed by atoms with van der Waals surface area (Å²) in [7, 11) is -1.17. The zero-order chi connectivity index (χ0) is 22.3. The van der Waals surface area contributed by atoms with Crippen LogP contribution in [0.5, 0.6) is 0 Å². The number of nitrogens with zero attached hydrogens (tertiary/aromatic N) is 2. The quantitative estimate of drug-likeness (QED) is 0.672. The summed E-state index contributed by atoms with van der Waals surface area (Å²) in [6.45, 7) is 19.3. The van der Waals surface area contributed by atoms with E-state index < -0.39 is 13.1 Å². The lowest BCUT2D eigenvalue weighted by atomic mass is 10.1. The first-order valence-electron chi connectivity index (χ1n) is 9.95. The zero-order valence-electron chi connectivity index (χ0n) is 19.3. The van der Waals surface area contributed by atoms with Crippen molar-refractivity contribution < 1.29 is 24.1 Å². The first-order valence-corrected chi connectivity index (χ1v) is 12.0. The summed E-state index contributed by atoms with van der Waals surface area (Å²) in [5.74, 6) is 0.199. The second-order valence-electron chi connectivity index (χ2n) is 6.71. The van der Waals surface area contributed by atoms with Crippen molar-refractivity contribution in [2.24, 2.45) is 5.92 Å². The standard InChI is InChI=1S/C10H21N2O3P.C5H12O2.2C2H6/c1-9(2)10(13)11-5-7-12(8-6-11)16(4,14)15-3;1-5(2,7)3-4-6;2*1-2/h9H,5-8H2,1-4H3;6-7H,3-4H2,1-2H3;2*1-2H3. The summed E-state index contributed by atoms with van der Waals surface area (Å²) >= 11 is 0. The molecule has 0 spiro atoms. The van der Waals surface area contributed by atoms with Crippen molar-refractivity contribution in [1.82, 2.24) is 9.57 Å². The number of hydrogen-bond donors (Lipinski definition) is 2. The molecule has 0 aliphatic carbocycles. The van der Waals surface area contributed by atoms with Crippen LogP contribution in [-0.2, 0) is 13.9 Å². The molecule has 0 aromatic rings. The summed E-state index contributed by atoms with van der Waals surface area (Å²) in [5, 5.41) is 17.1. The van der Waals surface area contributed by atoms with Gasteiger partial charge in [0.05, 0.1) is 5.60 Å². The Kier molecular flexibility index (Phi) is 19.1. The first-order chi connectivity index (χ1) is 12.4. The van der Waals surface area contributed by atoms with Gasteiger partial charge in [0.25, 0.3) is 7.52 Å². The molecule has 1 rings (SSSR count). The van der Waals surface area contributed by atoms with Gasteiger partial charge in [0.15, 0.2) is 0 Å². The monoisotopic (exact) mass is 412 g/mol. The maximum atomic E-state index is 11.9. The largest absolute Gasteiger partial charge is 0.396 e. The Morgan fingerprint density at radius 3 is 1.74 bits per heavy atom. The number of carbonyl (C=O) groups excluding carboxylic acids is 1. The highest BCUT2D eigenvalue weighted by atomic mass is 31.2. The van der Waals surface area contributed by atoms with E-state index in [1.54, 1.807) is 20.5 Å². The van der Waals surface area contributed by atoms with Crippen LogP contribution in [0.1, 0.15) is 61.8 Å². The summed E-state index contributed by atoms with van der Waals surface area (Å²) in [5.41, 5.74) is -0.700. The van der Waals surface area contributed by atoms with Gasteiger partial charge in [-0.05, 0) is 20.3 Å². The summed E-state index contributed by atoms with van der Waals surface area (Å²) in [4.78, 5) is 13.6. The number of aliphatic hydroxyl groups is 2. The molecule has 1 amide bonds. The van der Waals surface area contributed by atoms with Gasteiger partial charge in [0, 0.05) is 52.5 Å². The molecule has 0 radical (unpaired) electrons. The van der Waals surface area contributed by atoms with Crippen LogP contribution in [0, 0.1) is 5.92 Å². The fourth-order valence-electron chi connectivity index (χ4n) is 2.03. The lowest BCUT2D eigenvalue weighted by molar-refractivity contribution is -0.135.